The molecule has 1 N–H and O–H groups in total. The fourth-order valence-electron chi connectivity index (χ4n) is 3.04. The summed E-state index contributed by atoms with van der Waals surface area (Å²) < 4.78 is 6.34. The molecule has 34 heavy (non-hydrogen) atoms. The van der Waals surface area contributed by atoms with Crippen LogP contribution in [0.2, 0.25) is 5.02 Å². The lowest BCUT2D eigenvalue weighted by Gasteiger charge is -2.12. The number of carbonyl (C=O) groups is 3. The maximum atomic E-state index is 12.7. The van der Waals surface area contributed by atoms with Gasteiger partial charge in [-0.3, -0.25) is 29.4 Å². The summed E-state index contributed by atoms with van der Waals surface area (Å²) >= 11 is 9.94. The Labute approximate surface area is 210 Å². The third-order valence-corrected chi connectivity index (χ3v) is 6.76. The summed E-state index contributed by atoms with van der Waals surface area (Å²) in [6.07, 6.45) is 1.39. The van der Waals surface area contributed by atoms with Crippen LogP contribution in [0.4, 0.5) is 16.2 Å². The first-order chi connectivity index (χ1) is 16.2. The number of non-ortho nitro benzene ring substituents is 1. The fourth-order valence-corrected chi connectivity index (χ4v) is 4.29. The number of furan rings is 1. The van der Waals surface area contributed by atoms with Gasteiger partial charge in [0.25, 0.3) is 16.8 Å². The van der Waals surface area contributed by atoms with E-state index >= 15 is 0 Å². The van der Waals surface area contributed by atoms with E-state index in [2.05, 4.69) is 21.2 Å². The predicted octanol–water partition coefficient (Wildman–Crippen LogP) is 5.95. The van der Waals surface area contributed by atoms with E-state index in [0.29, 0.717) is 38.3 Å². The standard InChI is InChI=1S/C22H13BrClN3O6S/c23-16-6-4-13(9-17(16)24)25-20(28)11-26-21(29)19(34-22(26)30)10-15-5-7-18(33-15)12-2-1-3-14(8-12)27(31)32/h1-10H,11H2,(H,25,28)/b19-10+. The molecule has 3 amide bonds. The average Bonchev–Trinajstić information content (AvgIpc) is 3.37. The highest BCUT2D eigenvalue weighted by Gasteiger charge is 2.36. The Kier molecular flexibility index (Phi) is 6.87. The summed E-state index contributed by atoms with van der Waals surface area (Å²) in [6, 6.07) is 13.9. The van der Waals surface area contributed by atoms with E-state index in [1.54, 1.807) is 30.3 Å². The zero-order chi connectivity index (χ0) is 24.4. The van der Waals surface area contributed by atoms with Gasteiger partial charge in [-0.1, -0.05) is 23.7 Å². The highest BCUT2D eigenvalue weighted by molar-refractivity contribution is 9.10. The van der Waals surface area contributed by atoms with E-state index < -0.39 is 28.5 Å². The van der Waals surface area contributed by atoms with Gasteiger partial charge in [-0.15, -0.1) is 0 Å². The van der Waals surface area contributed by atoms with Gasteiger partial charge in [-0.2, -0.15) is 0 Å². The van der Waals surface area contributed by atoms with Gasteiger partial charge in [-0.05, 0) is 58.0 Å². The van der Waals surface area contributed by atoms with Crippen LogP contribution < -0.4 is 5.32 Å². The number of anilines is 1. The van der Waals surface area contributed by atoms with Crippen LogP contribution in [0.15, 0.2) is 68.4 Å². The van der Waals surface area contributed by atoms with Crippen molar-refractivity contribution in [2.75, 3.05) is 11.9 Å². The SMILES string of the molecule is O=C(CN1C(=O)S/C(=C/c2ccc(-c3cccc([N+](=O)[O-])c3)o2)C1=O)Nc1ccc(Br)c(Cl)c1. The summed E-state index contributed by atoms with van der Waals surface area (Å²) in [5.41, 5.74) is 0.830. The summed E-state index contributed by atoms with van der Waals surface area (Å²) in [5, 5.41) is 13.4. The van der Waals surface area contributed by atoms with E-state index in [9.17, 15) is 24.5 Å². The normalized spacial score (nSPS) is 14.6. The fraction of sp³-hybridized carbons (Fsp3) is 0.0455. The minimum Gasteiger partial charge on any atom is -0.457 e. The molecule has 0 bridgehead atoms. The zero-order valence-electron chi connectivity index (χ0n) is 17.0. The quantitative estimate of drug-likeness (QED) is 0.224. The summed E-state index contributed by atoms with van der Waals surface area (Å²) in [7, 11) is 0. The van der Waals surface area contributed by atoms with Gasteiger partial charge in [0.2, 0.25) is 5.91 Å². The first-order valence-corrected chi connectivity index (χ1v) is 11.5. The lowest BCUT2D eigenvalue weighted by molar-refractivity contribution is -0.384. The Balaban J connectivity index is 1.46. The molecular weight excluding hydrogens is 550 g/mol. The van der Waals surface area contributed by atoms with E-state index in [0.717, 1.165) is 4.90 Å². The van der Waals surface area contributed by atoms with Crippen molar-refractivity contribution in [2.45, 2.75) is 0 Å². The number of rotatable bonds is 6. The number of nitrogens with one attached hydrogen (secondary N) is 1. The van der Waals surface area contributed by atoms with Crippen molar-refractivity contribution in [3.8, 4) is 11.3 Å². The van der Waals surface area contributed by atoms with Crippen molar-refractivity contribution in [3.05, 3.63) is 84.9 Å². The summed E-state index contributed by atoms with van der Waals surface area (Å²) in [5.74, 6) is -0.553. The molecule has 1 aliphatic rings. The first-order valence-electron chi connectivity index (χ1n) is 9.56. The number of thioether (sulfide) groups is 1. The molecule has 0 saturated carbocycles. The largest absolute Gasteiger partial charge is 0.457 e. The number of halogens is 2. The molecule has 0 aliphatic carbocycles. The third kappa shape index (κ3) is 5.22. The van der Waals surface area contributed by atoms with Crippen molar-refractivity contribution >= 4 is 73.8 Å². The topological polar surface area (TPSA) is 123 Å². The summed E-state index contributed by atoms with van der Waals surface area (Å²) in [4.78, 5) is 48.8. The molecule has 0 radical (unpaired) electrons. The zero-order valence-corrected chi connectivity index (χ0v) is 20.1. The van der Waals surface area contributed by atoms with Gasteiger partial charge in [0.15, 0.2) is 0 Å². The molecule has 1 fully saturated rings. The molecular formula is C22H13BrClN3O6S. The van der Waals surface area contributed by atoms with E-state index in [-0.39, 0.29) is 16.4 Å². The molecule has 9 nitrogen and oxygen atoms in total. The number of amides is 3. The van der Waals surface area contributed by atoms with Crippen LogP contribution in [0.5, 0.6) is 0 Å². The van der Waals surface area contributed by atoms with Crippen LogP contribution in [-0.2, 0) is 9.59 Å². The van der Waals surface area contributed by atoms with Crippen LogP contribution in [-0.4, -0.2) is 33.4 Å². The van der Waals surface area contributed by atoms with Crippen molar-refractivity contribution in [3.63, 3.8) is 0 Å². The van der Waals surface area contributed by atoms with E-state index in [1.807, 2.05) is 0 Å². The molecule has 2 heterocycles. The first kappa shape index (κ1) is 23.7. The van der Waals surface area contributed by atoms with Crippen LogP contribution in [0, 0.1) is 10.1 Å². The van der Waals surface area contributed by atoms with E-state index in [1.165, 1.54) is 30.3 Å². The highest BCUT2D eigenvalue weighted by atomic mass is 79.9. The van der Waals surface area contributed by atoms with Crippen molar-refractivity contribution in [2.24, 2.45) is 0 Å². The number of nitro benzene ring substituents is 1. The van der Waals surface area contributed by atoms with Crippen LogP contribution in [0.1, 0.15) is 5.76 Å². The molecule has 1 aromatic heterocycles. The van der Waals surface area contributed by atoms with Gasteiger partial charge < -0.3 is 9.73 Å². The molecule has 3 aromatic rings. The minimum atomic E-state index is -0.632. The third-order valence-electron chi connectivity index (χ3n) is 4.62. The number of imide groups is 1. The number of hydrogen-bond donors (Lipinski definition) is 1. The Morgan fingerprint density at radius 1 is 1.21 bits per heavy atom. The Morgan fingerprint density at radius 2 is 2.00 bits per heavy atom. The lowest BCUT2D eigenvalue weighted by atomic mass is 10.1. The second-order valence-electron chi connectivity index (χ2n) is 6.95. The molecule has 172 valence electrons. The smallest absolute Gasteiger partial charge is 0.294 e. The Hall–Kier alpha value is -3.41. The highest BCUT2D eigenvalue weighted by Crippen LogP contribution is 2.34. The Morgan fingerprint density at radius 3 is 2.74 bits per heavy atom. The minimum absolute atomic E-state index is 0.0831. The molecule has 2 aromatic carbocycles. The summed E-state index contributed by atoms with van der Waals surface area (Å²) in [6.45, 7) is -0.465. The molecule has 1 saturated heterocycles. The monoisotopic (exact) mass is 561 g/mol. The molecule has 12 heteroatoms. The molecule has 0 unspecified atom stereocenters. The van der Waals surface area contributed by atoms with Crippen LogP contribution >= 0.6 is 39.3 Å². The van der Waals surface area contributed by atoms with Crippen molar-refractivity contribution in [1.29, 1.82) is 0 Å². The lowest BCUT2D eigenvalue weighted by Crippen LogP contribution is -2.36. The molecule has 0 atom stereocenters. The van der Waals surface area contributed by atoms with Crippen molar-refractivity contribution in [1.82, 2.24) is 4.90 Å². The maximum Gasteiger partial charge on any atom is 0.294 e. The van der Waals surface area contributed by atoms with Crippen LogP contribution in [0.3, 0.4) is 0 Å². The van der Waals surface area contributed by atoms with Crippen molar-refractivity contribution < 1.29 is 23.7 Å². The van der Waals surface area contributed by atoms with E-state index in [4.69, 9.17) is 16.0 Å². The molecule has 4 rings (SSSR count). The van der Waals surface area contributed by atoms with Gasteiger partial charge in [-0.25, -0.2) is 0 Å². The average molecular weight is 563 g/mol. The Bertz CT molecular complexity index is 1370. The second-order valence-corrected chi connectivity index (χ2v) is 9.21. The van der Waals surface area contributed by atoms with Gasteiger partial charge in [0, 0.05) is 33.9 Å². The number of hydrogen-bond acceptors (Lipinski definition) is 7. The molecule has 1 aliphatic heterocycles. The van der Waals surface area contributed by atoms with Crippen LogP contribution in [0.25, 0.3) is 17.4 Å². The number of benzene rings is 2. The van der Waals surface area contributed by atoms with Gasteiger partial charge >= 0.3 is 0 Å². The second kappa shape index (κ2) is 9.84. The maximum absolute atomic E-state index is 12.7. The van der Waals surface area contributed by atoms with Gasteiger partial charge in [0.05, 0.1) is 14.9 Å². The number of nitro groups is 1. The van der Waals surface area contributed by atoms with Gasteiger partial charge in [0.1, 0.15) is 18.1 Å². The molecule has 0 spiro atoms. The predicted molar refractivity (Wildman–Crippen MR) is 131 cm³/mol. The number of nitrogens with zero attached hydrogens (tertiary/aromatic N) is 2. The number of carbonyl (C=O) groups excluding carboxylic acids is 3.